The predicted molar refractivity (Wildman–Crippen MR) is 70.4 cm³/mol. The molecule has 0 spiro atoms. The molecular formula is C14H18O4. The summed E-state index contributed by atoms with van der Waals surface area (Å²) in [4.78, 5) is 11.3. The Morgan fingerprint density at radius 2 is 1.78 bits per heavy atom. The SMILES string of the molecule is CCC(=O)/C=C/c1ccc(OC)c(OC)c1OC. The van der Waals surface area contributed by atoms with Crippen LogP contribution in [0.4, 0.5) is 0 Å². The monoisotopic (exact) mass is 250 g/mol. The molecule has 1 rings (SSSR count). The zero-order valence-electron chi connectivity index (χ0n) is 11.1. The van der Waals surface area contributed by atoms with Gasteiger partial charge in [0.15, 0.2) is 17.3 Å². The highest BCUT2D eigenvalue weighted by Crippen LogP contribution is 2.40. The summed E-state index contributed by atoms with van der Waals surface area (Å²) in [7, 11) is 4.66. The third-order valence-corrected chi connectivity index (χ3v) is 2.53. The molecular weight excluding hydrogens is 232 g/mol. The van der Waals surface area contributed by atoms with E-state index in [1.807, 2.05) is 13.0 Å². The average molecular weight is 250 g/mol. The summed E-state index contributed by atoms with van der Waals surface area (Å²) in [6.07, 6.45) is 3.72. The number of ketones is 1. The van der Waals surface area contributed by atoms with Gasteiger partial charge in [0.05, 0.1) is 21.3 Å². The van der Waals surface area contributed by atoms with Crippen molar-refractivity contribution < 1.29 is 19.0 Å². The van der Waals surface area contributed by atoms with Crippen molar-refractivity contribution in [2.24, 2.45) is 0 Å². The van der Waals surface area contributed by atoms with Crippen LogP contribution in [0.15, 0.2) is 18.2 Å². The van der Waals surface area contributed by atoms with Gasteiger partial charge in [-0.15, -0.1) is 0 Å². The van der Waals surface area contributed by atoms with E-state index in [4.69, 9.17) is 14.2 Å². The standard InChI is InChI=1S/C14H18O4/c1-5-11(15)8-6-10-7-9-12(16-2)14(18-4)13(10)17-3/h6-9H,5H2,1-4H3/b8-6+. The molecule has 1 aromatic rings. The van der Waals surface area contributed by atoms with E-state index < -0.39 is 0 Å². The van der Waals surface area contributed by atoms with Gasteiger partial charge in [0.25, 0.3) is 0 Å². The maximum Gasteiger partial charge on any atom is 0.203 e. The highest BCUT2D eigenvalue weighted by atomic mass is 16.5. The van der Waals surface area contributed by atoms with E-state index in [1.165, 1.54) is 6.08 Å². The zero-order chi connectivity index (χ0) is 13.5. The van der Waals surface area contributed by atoms with Crippen LogP contribution in [0.5, 0.6) is 17.2 Å². The third kappa shape index (κ3) is 3.03. The smallest absolute Gasteiger partial charge is 0.203 e. The average Bonchev–Trinajstić information content (AvgIpc) is 2.43. The van der Waals surface area contributed by atoms with E-state index >= 15 is 0 Å². The highest BCUT2D eigenvalue weighted by molar-refractivity contribution is 5.93. The molecule has 1 aromatic carbocycles. The van der Waals surface area contributed by atoms with Crippen LogP contribution in [0.2, 0.25) is 0 Å². The Kier molecular flexibility index (Phi) is 5.24. The van der Waals surface area contributed by atoms with Gasteiger partial charge in [-0.1, -0.05) is 6.92 Å². The van der Waals surface area contributed by atoms with Gasteiger partial charge in [-0.3, -0.25) is 4.79 Å². The van der Waals surface area contributed by atoms with Gasteiger partial charge in [0.2, 0.25) is 5.75 Å². The number of benzene rings is 1. The lowest BCUT2D eigenvalue weighted by molar-refractivity contribution is -0.114. The molecule has 4 nitrogen and oxygen atoms in total. The second-order valence-electron chi connectivity index (χ2n) is 3.58. The van der Waals surface area contributed by atoms with Crippen LogP contribution in [0.1, 0.15) is 18.9 Å². The van der Waals surface area contributed by atoms with Gasteiger partial charge in [-0.2, -0.15) is 0 Å². The number of carbonyl (C=O) groups excluding carboxylic acids is 1. The number of methoxy groups -OCH3 is 3. The van der Waals surface area contributed by atoms with Crippen molar-refractivity contribution in [2.45, 2.75) is 13.3 Å². The number of carbonyl (C=O) groups is 1. The van der Waals surface area contributed by atoms with Gasteiger partial charge < -0.3 is 14.2 Å². The second kappa shape index (κ2) is 6.69. The molecule has 0 heterocycles. The molecule has 0 saturated carbocycles. The molecule has 0 fully saturated rings. The fraction of sp³-hybridized carbons (Fsp3) is 0.357. The largest absolute Gasteiger partial charge is 0.493 e. The van der Waals surface area contributed by atoms with E-state index in [0.717, 1.165) is 5.56 Å². The molecule has 0 N–H and O–H groups in total. The third-order valence-electron chi connectivity index (χ3n) is 2.53. The Balaban J connectivity index is 3.20. The van der Waals surface area contributed by atoms with Crippen molar-refractivity contribution in [2.75, 3.05) is 21.3 Å². The minimum atomic E-state index is 0.0619. The van der Waals surface area contributed by atoms with Crippen molar-refractivity contribution in [3.63, 3.8) is 0 Å². The molecule has 0 amide bonds. The topological polar surface area (TPSA) is 44.8 Å². The Labute approximate surface area is 107 Å². The molecule has 4 heteroatoms. The minimum Gasteiger partial charge on any atom is -0.493 e. The normalized spacial score (nSPS) is 10.4. The Hall–Kier alpha value is -1.97. The summed E-state index contributed by atoms with van der Waals surface area (Å²) in [6, 6.07) is 3.59. The number of rotatable bonds is 6. The van der Waals surface area contributed by atoms with Crippen LogP contribution >= 0.6 is 0 Å². The molecule has 0 aromatic heterocycles. The lowest BCUT2D eigenvalue weighted by Gasteiger charge is -2.13. The molecule has 0 radical (unpaired) electrons. The van der Waals surface area contributed by atoms with E-state index in [0.29, 0.717) is 23.7 Å². The first-order valence-corrected chi connectivity index (χ1v) is 5.67. The van der Waals surface area contributed by atoms with Crippen molar-refractivity contribution in [1.29, 1.82) is 0 Å². The summed E-state index contributed by atoms with van der Waals surface area (Å²) >= 11 is 0. The van der Waals surface area contributed by atoms with Crippen LogP contribution < -0.4 is 14.2 Å². The summed E-state index contributed by atoms with van der Waals surface area (Å²) in [5.41, 5.74) is 0.775. The van der Waals surface area contributed by atoms with Crippen molar-refractivity contribution in [3.8, 4) is 17.2 Å². The second-order valence-corrected chi connectivity index (χ2v) is 3.58. The fourth-order valence-corrected chi connectivity index (χ4v) is 1.56. The fourth-order valence-electron chi connectivity index (χ4n) is 1.56. The van der Waals surface area contributed by atoms with Crippen LogP contribution in [0.25, 0.3) is 6.08 Å². The maximum absolute atomic E-state index is 11.3. The number of hydrogen-bond acceptors (Lipinski definition) is 4. The summed E-state index contributed by atoms with van der Waals surface area (Å²) in [5, 5.41) is 0. The summed E-state index contributed by atoms with van der Waals surface area (Å²) < 4.78 is 15.8. The number of ether oxygens (including phenoxy) is 3. The minimum absolute atomic E-state index is 0.0619. The quantitative estimate of drug-likeness (QED) is 0.728. The molecule has 0 unspecified atom stereocenters. The lowest BCUT2D eigenvalue weighted by atomic mass is 10.1. The van der Waals surface area contributed by atoms with Crippen molar-refractivity contribution in [3.05, 3.63) is 23.8 Å². The number of hydrogen-bond donors (Lipinski definition) is 0. The Morgan fingerprint density at radius 3 is 2.28 bits per heavy atom. The van der Waals surface area contributed by atoms with E-state index in [-0.39, 0.29) is 5.78 Å². The first kappa shape index (κ1) is 14.1. The van der Waals surface area contributed by atoms with Crippen LogP contribution in [-0.4, -0.2) is 27.1 Å². The van der Waals surface area contributed by atoms with Crippen LogP contribution in [-0.2, 0) is 4.79 Å². The predicted octanol–water partition coefficient (Wildman–Crippen LogP) is 2.70. The van der Waals surface area contributed by atoms with E-state index in [2.05, 4.69) is 0 Å². The molecule has 0 aliphatic carbocycles. The van der Waals surface area contributed by atoms with Gasteiger partial charge in [0.1, 0.15) is 0 Å². The highest BCUT2D eigenvalue weighted by Gasteiger charge is 2.14. The van der Waals surface area contributed by atoms with Crippen LogP contribution in [0.3, 0.4) is 0 Å². The lowest BCUT2D eigenvalue weighted by Crippen LogP contribution is -1.97. The molecule has 0 bridgehead atoms. The Bertz CT molecular complexity index is 449. The molecule has 0 saturated heterocycles. The molecule has 0 aliphatic heterocycles. The molecule has 0 atom stereocenters. The summed E-state index contributed by atoms with van der Waals surface area (Å²) in [5.74, 6) is 1.73. The van der Waals surface area contributed by atoms with Gasteiger partial charge >= 0.3 is 0 Å². The van der Waals surface area contributed by atoms with Crippen molar-refractivity contribution >= 4 is 11.9 Å². The first-order valence-electron chi connectivity index (χ1n) is 5.67. The molecule has 0 aliphatic rings. The number of allylic oxidation sites excluding steroid dienone is 1. The van der Waals surface area contributed by atoms with Crippen LogP contribution in [0, 0.1) is 0 Å². The van der Waals surface area contributed by atoms with E-state index in [9.17, 15) is 4.79 Å². The molecule has 18 heavy (non-hydrogen) atoms. The van der Waals surface area contributed by atoms with Gasteiger partial charge in [-0.05, 0) is 24.3 Å². The Morgan fingerprint density at radius 1 is 1.11 bits per heavy atom. The van der Waals surface area contributed by atoms with E-state index in [1.54, 1.807) is 33.5 Å². The maximum atomic E-state index is 11.3. The van der Waals surface area contributed by atoms with Gasteiger partial charge in [0, 0.05) is 12.0 Å². The van der Waals surface area contributed by atoms with Gasteiger partial charge in [-0.25, -0.2) is 0 Å². The zero-order valence-corrected chi connectivity index (χ0v) is 11.1. The first-order chi connectivity index (χ1) is 8.67. The molecule has 98 valence electrons. The van der Waals surface area contributed by atoms with Crippen molar-refractivity contribution in [1.82, 2.24) is 0 Å². The summed E-state index contributed by atoms with van der Waals surface area (Å²) in [6.45, 7) is 1.82.